The molecule has 15 heavy (non-hydrogen) atoms. The lowest BCUT2D eigenvalue weighted by molar-refractivity contribution is 0.200. The van der Waals surface area contributed by atoms with Crippen molar-refractivity contribution in [3.05, 3.63) is 0 Å². The van der Waals surface area contributed by atoms with Crippen LogP contribution in [0.3, 0.4) is 0 Å². The average molecular weight is 213 g/mol. The van der Waals surface area contributed by atoms with E-state index in [9.17, 15) is 4.79 Å². The van der Waals surface area contributed by atoms with Gasteiger partial charge in [0, 0.05) is 26.7 Å². The van der Waals surface area contributed by atoms with Gasteiger partial charge in [0.1, 0.15) is 0 Å². The van der Waals surface area contributed by atoms with Gasteiger partial charge in [0.15, 0.2) is 0 Å². The Morgan fingerprint density at radius 2 is 2.07 bits per heavy atom. The maximum atomic E-state index is 11.5. The molecule has 0 aromatic heterocycles. The molecule has 0 aromatic carbocycles. The molecule has 1 aliphatic rings. The van der Waals surface area contributed by atoms with Crippen molar-refractivity contribution in [2.75, 3.05) is 39.8 Å². The normalized spacial score (nSPS) is 16.7. The molecule has 0 aromatic rings. The Morgan fingerprint density at radius 1 is 1.40 bits per heavy atom. The van der Waals surface area contributed by atoms with Crippen LogP contribution in [0.1, 0.15) is 26.2 Å². The molecule has 2 amide bonds. The Labute approximate surface area is 92.6 Å². The fourth-order valence-electron chi connectivity index (χ4n) is 1.77. The number of amides is 2. The van der Waals surface area contributed by atoms with Gasteiger partial charge in [-0.1, -0.05) is 6.92 Å². The number of hydrogen-bond acceptors (Lipinski definition) is 2. The summed E-state index contributed by atoms with van der Waals surface area (Å²) in [6.07, 6.45) is 3.61. The largest absolute Gasteiger partial charge is 0.338 e. The second-order valence-electron chi connectivity index (χ2n) is 4.20. The molecule has 1 saturated heterocycles. The maximum absolute atomic E-state index is 11.5. The molecule has 1 rings (SSSR count). The Hall–Kier alpha value is -0.770. The quantitative estimate of drug-likeness (QED) is 0.743. The number of likely N-dealkylation sites (N-methyl/N-ethyl adjacent to an activating group) is 1. The molecule has 1 N–H and O–H groups in total. The maximum Gasteiger partial charge on any atom is 0.317 e. The first-order chi connectivity index (χ1) is 7.24. The molecule has 1 aliphatic heterocycles. The van der Waals surface area contributed by atoms with Crippen molar-refractivity contribution in [2.24, 2.45) is 0 Å². The number of carbonyl (C=O) groups excluding carboxylic acids is 1. The zero-order chi connectivity index (χ0) is 11.1. The lowest BCUT2D eigenvalue weighted by Crippen LogP contribution is -2.41. The second-order valence-corrected chi connectivity index (χ2v) is 4.20. The van der Waals surface area contributed by atoms with Gasteiger partial charge in [-0.3, -0.25) is 0 Å². The van der Waals surface area contributed by atoms with Crippen molar-refractivity contribution in [2.45, 2.75) is 26.2 Å². The highest BCUT2D eigenvalue weighted by Gasteiger charge is 2.13. The second kappa shape index (κ2) is 6.67. The lowest BCUT2D eigenvalue weighted by atomic mass is 10.4. The van der Waals surface area contributed by atoms with Crippen molar-refractivity contribution in [1.82, 2.24) is 15.1 Å². The van der Waals surface area contributed by atoms with E-state index < -0.39 is 0 Å². The van der Waals surface area contributed by atoms with Crippen molar-refractivity contribution in [1.29, 1.82) is 0 Å². The minimum absolute atomic E-state index is 0.0519. The van der Waals surface area contributed by atoms with E-state index in [0.29, 0.717) is 0 Å². The summed E-state index contributed by atoms with van der Waals surface area (Å²) in [5.41, 5.74) is 0. The number of rotatable bonds is 5. The van der Waals surface area contributed by atoms with Crippen LogP contribution in [0.2, 0.25) is 0 Å². The Kier molecular flexibility index (Phi) is 5.47. The van der Waals surface area contributed by atoms with E-state index in [1.807, 2.05) is 7.05 Å². The molecule has 4 heteroatoms. The smallest absolute Gasteiger partial charge is 0.317 e. The first-order valence-corrected chi connectivity index (χ1v) is 5.95. The van der Waals surface area contributed by atoms with Gasteiger partial charge >= 0.3 is 6.03 Å². The zero-order valence-corrected chi connectivity index (χ0v) is 9.96. The van der Waals surface area contributed by atoms with Gasteiger partial charge in [-0.05, 0) is 32.4 Å². The Bertz CT molecular complexity index is 190. The molecule has 0 aliphatic carbocycles. The molecule has 1 fully saturated rings. The predicted octanol–water partition coefficient (Wildman–Crippen LogP) is 1.13. The van der Waals surface area contributed by atoms with Crippen LogP contribution < -0.4 is 5.32 Å². The molecule has 0 radical (unpaired) electrons. The highest BCUT2D eigenvalue weighted by atomic mass is 16.2. The van der Waals surface area contributed by atoms with Crippen LogP contribution in [0.5, 0.6) is 0 Å². The third-order valence-electron chi connectivity index (χ3n) is 2.82. The fraction of sp³-hybridized carbons (Fsp3) is 0.909. The fourth-order valence-corrected chi connectivity index (χ4v) is 1.77. The molecule has 0 spiro atoms. The summed E-state index contributed by atoms with van der Waals surface area (Å²) >= 11 is 0. The van der Waals surface area contributed by atoms with Gasteiger partial charge in [-0.15, -0.1) is 0 Å². The van der Waals surface area contributed by atoms with Crippen LogP contribution in [-0.4, -0.2) is 55.6 Å². The van der Waals surface area contributed by atoms with Gasteiger partial charge in [0.2, 0.25) is 0 Å². The molecule has 0 saturated carbocycles. The van der Waals surface area contributed by atoms with Gasteiger partial charge in [-0.2, -0.15) is 0 Å². The van der Waals surface area contributed by atoms with Crippen LogP contribution in [0.4, 0.5) is 4.79 Å². The number of nitrogens with one attached hydrogen (secondary N) is 1. The van der Waals surface area contributed by atoms with Crippen molar-refractivity contribution < 1.29 is 4.79 Å². The van der Waals surface area contributed by atoms with Crippen LogP contribution >= 0.6 is 0 Å². The van der Waals surface area contributed by atoms with E-state index >= 15 is 0 Å². The third kappa shape index (κ3) is 4.51. The zero-order valence-electron chi connectivity index (χ0n) is 9.96. The molecule has 0 bridgehead atoms. The third-order valence-corrected chi connectivity index (χ3v) is 2.82. The molecule has 4 nitrogen and oxygen atoms in total. The predicted molar refractivity (Wildman–Crippen MR) is 62.0 cm³/mol. The highest BCUT2D eigenvalue weighted by Crippen LogP contribution is 2.06. The van der Waals surface area contributed by atoms with Gasteiger partial charge < -0.3 is 15.1 Å². The summed E-state index contributed by atoms with van der Waals surface area (Å²) in [4.78, 5) is 15.7. The van der Waals surface area contributed by atoms with Crippen molar-refractivity contribution in [3.8, 4) is 0 Å². The summed E-state index contributed by atoms with van der Waals surface area (Å²) in [5.74, 6) is 0. The Morgan fingerprint density at radius 3 is 2.67 bits per heavy atom. The van der Waals surface area contributed by atoms with E-state index in [4.69, 9.17) is 0 Å². The molecule has 1 heterocycles. The minimum Gasteiger partial charge on any atom is -0.338 e. The highest BCUT2D eigenvalue weighted by molar-refractivity contribution is 5.73. The number of carbonyl (C=O) groups is 1. The monoisotopic (exact) mass is 213 g/mol. The lowest BCUT2D eigenvalue weighted by Gasteiger charge is -2.21. The summed E-state index contributed by atoms with van der Waals surface area (Å²) in [6.45, 7) is 7.07. The van der Waals surface area contributed by atoms with Crippen molar-refractivity contribution >= 4 is 6.03 Å². The number of nitrogens with zero attached hydrogens (tertiary/aromatic N) is 2. The number of urea groups is 1. The molecular weight excluding hydrogens is 190 g/mol. The van der Waals surface area contributed by atoms with Crippen LogP contribution in [0.25, 0.3) is 0 Å². The van der Waals surface area contributed by atoms with Crippen molar-refractivity contribution in [3.63, 3.8) is 0 Å². The van der Waals surface area contributed by atoms with Gasteiger partial charge in [0.25, 0.3) is 0 Å². The van der Waals surface area contributed by atoms with Gasteiger partial charge in [-0.25, -0.2) is 4.79 Å². The molecular formula is C11H23N3O. The summed E-state index contributed by atoms with van der Waals surface area (Å²) in [6, 6.07) is 0.0519. The number of hydrogen-bond donors (Lipinski definition) is 1. The first kappa shape index (κ1) is 12.3. The molecule has 0 unspecified atom stereocenters. The van der Waals surface area contributed by atoms with E-state index in [1.54, 1.807) is 4.90 Å². The van der Waals surface area contributed by atoms with Gasteiger partial charge in [0.05, 0.1) is 0 Å². The SMILES string of the molecule is CCCNC(=O)N(C)CCN1CCCC1. The van der Waals surface area contributed by atoms with Crippen LogP contribution in [-0.2, 0) is 0 Å². The van der Waals surface area contributed by atoms with Crippen LogP contribution in [0.15, 0.2) is 0 Å². The summed E-state index contributed by atoms with van der Waals surface area (Å²) < 4.78 is 0. The van der Waals surface area contributed by atoms with E-state index in [1.165, 1.54) is 25.9 Å². The van der Waals surface area contributed by atoms with E-state index in [2.05, 4.69) is 17.1 Å². The summed E-state index contributed by atoms with van der Waals surface area (Å²) in [7, 11) is 1.86. The Balaban J connectivity index is 2.10. The molecule has 88 valence electrons. The molecule has 0 atom stereocenters. The average Bonchev–Trinajstić information content (AvgIpc) is 2.75. The minimum atomic E-state index is 0.0519. The topological polar surface area (TPSA) is 35.6 Å². The summed E-state index contributed by atoms with van der Waals surface area (Å²) in [5, 5.41) is 2.88. The number of likely N-dealkylation sites (tertiary alicyclic amines) is 1. The van der Waals surface area contributed by atoms with E-state index in [0.717, 1.165) is 26.1 Å². The standard InChI is InChI=1S/C11H23N3O/c1-3-6-12-11(15)13(2)9-10-14-7-4-5-8-14/h3-10H2,1-2H3,(H,12,15). The first-order valence-electron chi connectivity index (χ1n) is 5.95. The van der Waals surface area contributed by atoms with Crippen LogP contribution in [0, 0.1) is 0 Å². The van der Waals surface area contributed by atoms with E-state index in [-0.39, 0.29) is 6.03 Å².